The van der Waals surface area contributed by atoms with E-state index in [1.54, 1.807) is 4.68 Å². The van der Waals surface area contributed by atoms with Crippen LogP contribution in [0.15, 0.2) is 54.9 Å². The number of anilines is 2. The van der Waals surface area contributed by atoms with Crippen LogP contribution in [0.4, 0.5) is 16.3 Å². The second-order valence-electron chi connectivity index (χ2n) is 9.42. The standard InChI is InChI=1S/C28H30N8O2/c1-19-9-11-22(32-28(37)36-24(13-16-38-36)20-7-5-4-6-8-20)17-21(19)10-12-23-25-26(29)30-18-31-27(25)35(33-23)15-14-34(2)3/h4-9,11,17-18,24H,13-16H2,1-3H3,(H,32,37)(H2,29,30,31)/t24-/m1/s1. The van der Waals surface area contributed by atoms with Crippen LogP contribution in [0.3, 0.4) is 0 Å². The van der Waals surface area contributed by atoms with Gasteiger partial charge >= 0.3 is 6.03 Å². The molecule has 0 unspecified atom stereocenters. The van der Waals surface area contributed by atoms with Gasteiger partial charge in [-0.3, -0.25) is 4.84 Å². The summed E-state index contributed by atoms with van der Waals surface area (Å²) in [4.78, 5) is 29.3. The molecule has 10 nitrogen and oxygen atoms in total. The molecule has 10 heteroatoms. The number of hydrogen-bond donors (Lipinski definition) is 2. The number of benzene rings is 2. The molecule has 1 fully saturated rings. The summed E-state index contributed by atoms with van der Waals surface area (Å²) in [5, 5.41) is 9.67. The van der Waals surface area contributed by atoms with E-state index in [4.69, 9.17) is 10.6 Å². The smallest absolute Gasteiger partial charge is 0.346 e. The minimum atomic E-state index is -0.324. The van der Waals surface area contributed by atoms with Crippen LogP contribution < -0.4 is 11.1 Å². The van der Waals surface area contributed by atoms with E-state index in [0.29, 0.717) is 41.4 Å². The van der Waals surface area contributed by atoms with Crippen molar-refractivity contribution in [3.05, 3.63) is 77.2 Å². The Kier molecular flexibility index (Phi) is 7.22. The molecule has 38 heavy (non-hydrogen) atoms. The second kappa shape index (κ2) is 10.9. The number of nitrogens with two attached hydrogens (primary N) is 1. The molecular weight excluding hydrogens is 480 g/mol. The number of carbonyl (C=O) groups is 1. The predicted molar refractivity (Wildman–Crippen MR) is 146 cm³/mol. The number of nitrogens with one attached hydrogen (secondary N) is 1. The first kappa shape index (κ1) is 25.2. The molecule has 2 amide bonds. The molecule has 1 aliphatic rings. The molecule has 194 valence electrons. The van der Waals surface area contributed by atoms with Gasteiger partial charge in [0.1, 0.15) is 17.8 Å². The van der Waals surface area contributed by atoms with E-state index >= 15 is 0 Å². The van der Waals surface area contributed by atoms with Crippen LogP contribution >= 0.6 is 0 Å². The van der Waals surface area contributed by atoms with Crippen molar-refractivity contribution in [2.45, 2.75) is 25.9 Å². The fraction of sp³-hybridized carbons (Fsp3) is 0.286. The summed E-state index contributed by atoms with van der Waals surface area (Å²) in [6, 6.07) is 15.0. The Hall–Kier alpha value is -4.46. The van der Waals surface area contributed by atoms with Gasteiger partial charge in [0.2, 0.25) is 0 Å². The van der Waals surface area contributed by atoms with E-state index in [1.165, 1.54) is 11.4 Å². The Balaban J connectivity index is 1.39. The van der Waals surface area contributed by atoms with Crippen molar-refractivity contribution < 1.29 is 9.63 Å². The van der Waals surface area contributed by atoms with E-state index in [-0.39, 0.29) is 12.1 Å². The molecule has 0 aliphatic carbocycles. The number of fused-ring (bicyclic) bond motifs is 1. The third-order valence-corrected chi connectivity index (χ3v) is 6.41. The molecule has 5 rings (SSSR count). The Bertz CT molecular complexity index is 1520. The third kappa shape index (κ3) is 5.29. The van der Waals surface area contributed by atoms with Crippen molar-refractivity contribution in [1.82, 2.24) is 29.7 Å². The highest BCUT2D eigenvalue weighted by molar-refractivity contribution is 5.91. The maximum atomic E-state index is 13.1. The zero-order valence-corrected chi connectivity index (χ0v) is 21.7. The number of hydroxylamine groups is 2. The predicted octanol–water partition coefficient (Wildman–Crippen LogP) is 3.59. The van der Waals surface area contributed by atoms with Crippen molar-refractivity contribution in [1.29, 1.82) is 0 Å². The Morgan fingerprint density at radius 3 is 2.79 bits per heavy atom. The lowest BCUT2D eigenvalue weighted by Gasteiger charge is -2.23. The largest absolute Gasteiger partial charge is 0.383 e. The van der Waals surface area contributed by atoms with Crippen LogP contribution in [0.5, 0.6) is 0 Å². The number of aryl methyl sites for hydroxylation is 1. The monoisotopic (exact) mass is 510 g/mol. The summed E-state index contributed by atoms with van der Waals surface area (Å²) in [6.07, 6.45) is 2.18. The van der Waals surface area contributed by atoms with Crippen molar-refractivity contribution >= 4 is 28.6 Å². The average molecular weight is 511 g/mol. The van der Waals surface area contributed by atoms with Crippen molar-refractivity contribution in [2.24, 2.45) is 0 Å². The lowest BCUT2D eigenvalue weighted by molar-refractivity contribution is -0.0829. The average Bonchev–Trinajstić information content (AvgIpc) is 3.54. The summed E-state index contributed by atoms with van der Waals surface area (Å²) in [6.45, 7) is 3.89. The molecule has 1 atom stereocenters. The van der Waals surface area contributed by atoms with Gasteiger partial charge in [0.15, 0.2) is 5.65 Å². The summed E-state index contributed by atoms with van der Waals surface area (Å²) in [7, 11) is 4.00. The van der Waals surface area contributed by atoms with E-state index in [0.717, 1.165) is 29.7 Å². The SMILES string of the molecule is Cc1ccc(NC(=O)N2OCC[C@@H]2c2ccccc2)cc1C#Cc1nn(CCN(C)C)c2ncnc(N)c12. The normalized spacial score (nSPS) is 15.1. The zero-order chi connectivity index (χ0) is 26.6. The maximum absolute atomic E-state index is 13.1. The highest BCUT2D eigenvalue weighted by Gasteiger charge is 2.31. The van der Waals surface area contributed by atoms with Gasteiger partial charge in [-0.05, 0) is 50.2 Å². The van der Waals surface area contributed by atoms with E-state index in [1.807, 2.05) is 69.6 Å². The first-order valence-corrected chi connectivity index (χ1v) is 12.4. The van der Waals surface area contributed by atoms with Gasteiger partial charge < -0.3 is 16.0 Å². The number of urea groups is 1. The van der Waals surface area contributed by atoms with Crippen LogP contribution in [-0.4, -0.2) is 63.0 Å². The van der Waals surface area contributed by atoms with Crippen LogP contribution in [0, 0.1) is 18.8 Å². The lowest BCUT2D eigenvalue weighted by Crippen LogP contribution is -2.33. The van der Waals surface area contributed by atoms with Crippen LogP contribution in [-0.2, 0) is 11.4 Å². The zero-order valence-electron chi connectivity index (χ0n) is 21.7. The van der Waals surface area contributed by atoms with Gasteiger partial charge in [-0.1, -0.05) is 42.3 Å². The topological polar surface area (TPSA) is 114 Å². The number of rotatable bonds is 5. The molecule has 0 bridgehead atoms. The summed E-state index contributed by atoms with van der Waals surface area (Å²) < 4.78 is 1.81. The highest BCUT2D eigenvalue weighted by atomic mass is 16.7. The third-order valence-electron chi connectivity index (χ3n) is 6.41. The number of nitrogens with zero attached hydrogens (tertiary/aromatic N) is 6. The molecule has 2 aromatic heterocycles. The number of nitrogen functional groups attached to an aromatic ring is 1. The molecule has 0 radical (unpaired) electrons. The van der Waals surface area contributed by atoms with E-state index in [9.17, 15) is 4.79 Å². The van der Waals surface area contributed by atoms with Gasteiger partial charge in [0, 0.05) is 24.2 Å². The Labute approximate surface area is 221 Å². The minimum absolute atomic E-state index is 0.135. The number of likely N-dealkylation sites (N-methyl/N-ethyl adjacent to an activating group) is 1. The number of amides is 2. The molecule has 0 saturated carbocycles. The summed E-state index contributed by atoms with van der Waals surface area (Å²) in [5.41, 5.74) is 10.7. The molecule has 2 aromatic carbocycles. The molecular formula is C28H30N8O2. The highest BCUT2D eigenvalue weighted by Crippen LogP contribution is 2.31. The quantitative estimate of drug-likeness (QED) is 0.394. The fourth-order valence-electron chi connectivity index (χ4n) is 4.36. The van der Waals surface area contributed by atoms with E-state index < -0.39 is 0 Å². The molecule has 4 aromatic rings. The molecule has 1 aliphatic heterocycles. The molecule has 3 N–H and O–H groups in total. The van der Waals surface area contributed by atoms with Crippen molar-refractivity contribution in [3.8, 4) is 11.8 Å². The molecule has 3 heterocycles. The van der Waals surface area contributed by atoms with Crippen LogP contribution in [0.2, 0.25) is 0 Å². The van der Waals surface area contributed by atoms with Gasteiger partial charge in [-0.15, -0.1) is 0 Å². The number of carbonyl (C=O) groups excluding carboxylic acids is 1. The maximum Gasteiger partial charge on any atom is 0.346 e. The Morgan fingerprint density at radius 1 is 1.18 bits per heavy atom. The van der Waals surface area contributed by atoms with Crippen LogP contribution in [0.25, 0.3) is 11.0 Å². The minimum Gasteiger partial charge on any atom is -0.383 e. The molecule has 0 spiro atoms. The molecule has 1 saturated heterocycles. The van der Waals surface area contributed by atoms with Crippen molar-refractivity contribution in [2.75, 3.05) is 38.3 Å². The first-order valence-electron chi connectivity index (χ1n) is 12.4. The summed E-state index contributed by atoms with van der Waals surface area (Å²) >= 11 is 0. The van der Waals surface area contributed by atoms with Gasteiger partial charge in [-0.2, -0.15) is 10.2 Å². The first-order chi connectivity index (χ1) is 18.4. The fourth-order valence-corrected chi connectivity index (χ4v) is 4.36. The van der Waals surface area contributed by atoms with Gasteiger partial charge in [0.05, 0.1) is 24.6 Å². The van der Waals surface area contributed by atoms with Crippen molar-refractivity contribution in [3.63, 3.8) is 0 Å². The van der Waals surface area contributed by atoms with Gasteiger partial charge in [-0.25, -0.2) is 19.4 Å². The Morgan fingerprint density at radius 2 is 2.00 bits per heavy atom. The summed E-state index contributed by atoms with van der Waals surface area (Å²) in [5.74, 6) is 6.70. The van der Waals surface area contributed by atoms with Gasteiger partial charge in [0.25, 0.3) is 0 Å². The lowest BCUT2D eigenvalue weighted by atomic mass is 10.1. The number of hydrogen-bond acceptors (Lipinski definition) is 7. The van der Waals surface area contributed by atoms with E-state index in [2.05, 4.69) is 37.1 Å². The van der Waals surface area contributed by atoms with Crippen LogP contribution in [0.1, 0.15) is 34.8 Å². The number of aromatic nitrogens is 4. The second-order valence-corrected chi connectivity index (χ2v) is 9.42.